The van der Waals surface area contributed by atoms with Crippen molar-refractivity contribution in [2.75, 3.05) is 5.88 Å². The van der Waals surface area contributed by atoms with Gasteiger partial charge in [0, 0.05) is 10.9 Å². The molecule has 0 N–H and O–H groups in total. The lowest BCUT2D eigenvalue weighted by Crippen LogP contribution is -2.31. The fourth-order valence-electron chi connectivity index (χ4n) is 1.44. The van der Waals surface area contributed by atoms with Crippen LogP contribution in [0.15, 0.2) is 11.6 Å². The van der Waals surface area contributed by atoms with E-state index < -0.39 is 0 Å². The molecule has 1 aliphatic rings. The minimum Gasteiger partial charge on any atom is -0.126 e. The topological polar surface area (TPSA) is 0 Å². The molecule has 58 valence electrons. The van der Waals surface area contributed by atoms with Gasteiger partial charge < -0.3 is 0 Å². The molecule has 0 heterocycles. The van der Waals surface area contributed by atoms with Crippen LogP contribution in [-0.2, 0) is 0 Å². The normalized spacial score (nSPS) is 21.8. The van der Waals surface area contributed by atoms with E-state index in [1.54, 1.807) is 0 Å². The zero-order valence-electron chi connectivity index (χ0n) is 6.00. The second-order valence-electron chi connectivity index (χ2n) is 3.18. The average Bonchev–Trinajstić information content (AvgIpc) is 1.78. The zero-order valence-corrected chi connectivity index (χ0v) is 7.51. The number of allylic oxidation sites excluding steroid dienone is 1. The van der Waals surface area contributed by atoms with Crippen molar-refractivity contribution in [3.63, 3.8) is 0 Å². The molecular formula is C8H12Cl2. The first kappa shape index (κ1) is 8.42. The third kappa shape index (κ3) is 1.67. The number of halogens is 2. The molecule has 2 heteroatoms. The van der Waals surface area contributed by atoms with Crippen LogP contribution in [0.1, 0.15) is 25.7 Å². The minimum atomic E-state index is 0.320. The molecule has 0 bridgehead atoms. The van der Waals surface area contributed by atoms with Crippen molar-refractivity contribution in [1.29, 1.82) is 0 Å². The van der Waals surface area contributed by atoms with Crippen molar-refractivity contribution >= 4 is 23.2 Å². The molecule has 0 radical (unpaired) electrons. The van der Waals surface area contributed by atoms with Crippen LogP contribution in [-0.4, -0.2) is 5.88 Å². The Hall–Kier alpha value is 0.320. The molecule has 0 saturated heterocycles. The average molecular weight is 179 g/mol. The van der Waals surface area contributed by atoms with E-state index in [4.69, 9.17) is 23.2 Å². The molecule has 0 aromatic rings. The summed E-state index contributed by atoms with van der Waals surface area (Å²) in [7, 11) is 0. The van der Waals surface area contributed by atoms with Gasteiger partial charge in [-0.05, 0) is 24.7 Å². The van der Waals surface area contributed by atoms with Crippen LogP contribution in [0.4, 0.5) is 0 Å². The van der Waals surface area contributed by atoms with E-state index in [0.717, 1.165) is 17.3 Å². The highest BCUT2D eigenvalue weighted by Crippen LogP contribution is 2.46. The van der Waals surface area contributed by atoms with Gasteiger partial charge in [0.2, 0.25) is 0 Å². The number of rotatable bonds is 3. The SMILES string of the molecule is C=C(Cl)CC1(CCl)CCC1. The maximum atomic E-state index is 5.80. The predicted octanol–water partition coefficient (Wildman–Crippen LogP) is 3.54. The summed E-state index contributed by atoms with van der Waals surface area (Å²) in [4.78, 5) is 0. The Bertz CT molecular complexity index is 131. The van der Waals surface area contributed by atoms with Crippen molar-refractivity contribution < 1.29 is 0 Å². The molecule has 0 amide bonds. The predicted molar refractivity (Wildman–Crippen MR) is 46.6 cm³/mol. The molecular weight excluding hydrogens is 167 g/mol. The highest BCUT2D eigenvalue weighted by Gasteiger charge is 2.35. The molecule has 0 atom stereocenters. The van der Waals surface area contributed by atoms with Crippen LogP contribution in [0.2, 0.25) is 0 Å². The summed E-state index contributed by atoms with van der Waals surface area (Å²) >= 11 is 11.5. The quantitative estimate of drug-likeness (QED) is 0.581. The lowest BCUT2D eigenvalue weighted by Gasteiger charge is -2.40. The molecule has 0 aromatic carbocycles. The second-order valence-corrected chi connectivity index (χ2v) is 3.98. The van der Waals surface area contributed by atoms with E-state index in [1.807, 2.05) is 0 Å². The summed E-state index contributed by atoms with van der Waals surface area (Å²) < 4.78 is 0. The summed E-state index contributed by atoms with van der Waals surface area (Å²) in [6.45, 7) is 3.68. The number of alkyl halides is 1. The van der Waals surface area contributed by atoms with Crippen molar-refractivity contribution in [3.05, 3.63) is 11.6 Å². The van der Waals surface area contributed by atoms with Gasteiger partial charge in [-0.2, -0.15) is 0 Å². The Kier molecular flexibility index (Phi) is 2.65. The molecule has 1 aliphatic carbocycles. The van der Waals surface area contributed by atoms with Gasteiger partial charge in [0.25, 0.3) is 0 Å². The lowest BCUT2D eigenvalue weighted by atomic mass is 9.68. The standard InChI is InChI=1S/C8H12Cl2/c1-7(10)5-8(6-9)3-2-4-8/h1-6H2. The number of hydrogen-bond acceptors (Lipinski definition) is 0. The van der Waals surface area contributed by atoms with E-state index >= 15 is 0 Å². The molecule has 0 aromatic heterocycles. The molecule has 0 spiro atoms. The van der Waals surface area contributed by atoms with E-state index in [0.29, 0.717) is 5.41 Å². The maximum absolute atomic E-state index is 5.80. The fourth-order valence-corrected chi connectivity index (χ4v) is 2.09. The van der Waals surface area contributed by atoms with Gasteiger partial charge >= 0.3 is 0 Å². The Morgan fingerprint density at radius 1 is 1.50 bits per heavy atom. The van der Waals surface area contributed by atoms with Gasteiger partial charge in [-0.15, -0.1) is 11.6 Å². The van der Waals surface area contributed by atoms with E-state index in [9.17, 15) is 0 Å². The monoisotopic (exact) mass is 178 g/mol. The lowest BCUT2D eigenvalue weighted by molar-refractivity contribution is 0.169. The molecule has 1 fully saturated rings. The van der Waals surface area contributed by atoms with E-state index in [-0.39, 0.29) is 0 Å². The molecule has 1 rings (SSSR count). The molecule has 10 heavy (non-hydrogen) atoms. The third-order valence-electron chi connectivity index (χ3n) is 2.26. The third-order valence-corrected chi connectivity index (χ3v) is 2.97. The summed E-state index contributed by atoms with van der Waals surface area (Å²) in [6, 6.07) is 0. The van der Waals surface area contributed by atoms with Gasteiger partial charge in [0.05, 0.1) is 0 Å². The van der Waals surface area contributed by atoms with Crippen molar-refractivity contribution in [1.82, 2.24) is 0 Å². The van der Waals surface area contributed by atoms with Gasteiger partial charge in [-0.1, -0.05) is 24.6 Å². The molecule has 1 saturated carbocycles. The van der Waals surface area contributed by atoms with Gasteiger partial charge in [0.1, 0.15) is 0 Å². The molecule has 0 nitrogen and oxygen atoms in total. The maximum Gasteiger partial charge on any atom is 0.0283 e. The van der Waals surface area contributed by atoms with Crippen LogP contribution in [0.25, 0.3) is 0 Å². The summed E-state index contributed by atoms with van der Waals surface area (Å²) in [6.07, 6.45) is 4.65. The highest BCUT2D eigenvalue weighted by atomic mass is 35.5. The first-order valence-corrected chi connectivity index (χ1v) is 4.49. The van der Waals surface area contributed by atoms with Crippen LogP contribution < -0.4 is 0 Å². The first-order valence-electron chi connectivity index (χ1n) is 3.58. The smallest absolute Gasteiger partial charge is 0.0283 e. The Labute approximate surface area is 72.2 Å². The minimum absolute atomic E-state index is 0.320. The van der Waals surface area contributed by atoms with Crippen LogP contribution in [0, 0.1) is 5.41 Å². The number of hydrogen-bond donors (Lipinski definition) is 0. The van der Waals surface area contributed by atoms with E-state index in [1.165, 1.54) is 19.3 Å². The Morgan fingerprint density at radius 3 is 2.20 bits per heavy atom. The van der Waals surface area contributed by atoms with Crippen LogP contribution in [0.3, 0.4) is 0 Å². The zero-order chi connectivity index (χ0) is 7.61. The van der Waals surface area contributed by atoms with E-state index in [2.05, 4.69) is 6.58 Å². The fraction of sp³-hybridized carbons (Fsp3) is 0.750. The molecule has 0 unspecified atom stereocenters. The van der Waals surface area contributed by atoms with Gasteiger partial charge in [-0.25, -0.2) is 0 Å². The van der Waals surface area contributed by atoms with Gasteiger partial charge in [-0.3, -0.25) is 0 Å². The van der Waals surface area contributed by atoms with Crippen LogP contribution in [0.5, 0.6) is 0 Å². The van der Waals surface area contributed by atoms with Crippen molar-refractivity contribution in [2.24, 2.45) is 5.41 Å². The summed E-state index contributed by atoms with van der Waals surface area (Å²) in [5.74, 6) is 0.735. The summed E-state index contributed by atoms with van der Waals surface area (Å²) in [5, 5.41) is 0.750. The Balaban J connectivity index is 2.40. The largest absolute Gasteiger partial charge is 0.126 e. The second kappa shape index (κ2) is 3.15. The van der Waals surface area contributed by atoms with Gasteiger partial charge in [0.15, 0.2) is 0 Å². The van der Waals surface area contributed by atoms with Crippen molar-refractivity contribution in [2.45, 2.75) is 25.7 Å². The van der Waals surface area contributed by atoms with Crippen LogP contribution >= 0.6 is 23.2 Å². The Morgan fingerprint density at radius 2 is 2.10 bits per heavy atom. The van der Waals surface area contributed by atoms with Crippen molar-refractivity contribution in [3.8, 4) is 0 Å². The summed E-state index contributed by atoms with van der Waals surface area (Å²) in [5.41, 5.74) is 0.320. The molecule has 0 aliphatic heterocycles. The first-order chi connectivity index (χ1) is 4.68. The highest BCUT2D eigenvalue weighted by molar-refractivity contribution is 6.29.